The zero-order chi connectivity index (χ0) is 12.0. The van der Waals surface area contributed by atoms with Crippen LogP contribution in [0, 0.1) is 0 Å². The van der Waals surface area contributed by atoms with Gasteiger partial charge < -0.3 is 5.11 Å². The molecule has 0 saturated carbocycles. The summed E-state index contributed by atoms with van der Waals surface area (Å²) in [5.74, 6) is -0.163. The van der Waals surface area contributed by atoms with Crippen LogP contribution in [-0.2, 0) is 4.79 Å². The first-order valence-corrected chi connectivity index (χ1v) is 6.24. The molecule has 3 heteroatoms. The van der Waals surface area contributed by atoms with E-state index in [0.29, 0.717) is 6.42 Å². The number of hydrogen-bond donors (Lipinski definition) is 1. The monoisotopic (exact) mass is 242 g/mol. The SMILES string of the molecule is CCCCC/C=C\C[C@@]1(O)C=C(Cl)C(=O)C1. The van der Waals surface area contributed by atoms with Crippen molar-refractivity contribution in [2.24, 2.45) is 0 Å². The Hall–Kier alpha value is -0.600. The van der Waals surface area contributed by atoms with Gasteiger partial charge in [0.05, 0.1) is 10.6 Å². The Morgan fingerprint density at radius 3 is 2.81 bits per heavy atom. The third-order valence-electron chi connectivity index (χ3n) is 2.74. The maximum Gasteiger partial charge on any atom is 0.177 e. The highest BCUT2D eigenvalue weighted by Gasteiger charge is 2.34. The van der Waals surface area contributed by atoms with E-state index in [2.05, 4.69) is 13.0 Å². The summed E-state index contributed by atoms with van der Waals surface area (Å²) < 4.78 is 0. The van der Waals surface area contributed by atoms with E-state index >= 15 is 0 Å². The summed E-state index contributed by atoms with van der Waals surface area (Å²) in [6.45, 7) is 2.17. The van der Waals surface area contributed by atoms with E-state index in [1.807, 2.05) is 6.08 Å². The highest BCUT2D eigenvalue weighted by atomic mass is 35.5. The van der Waals surface area contributed by atoms with Gasteiger partial charge in [-0.1, -0.05) is 43.5 Å². The molecular formula is C13H19ClO2. The van der Waals surface area contributed by atoms with Crippen LogP contribution in [-0.4, -0.2) is 16.5 Å². The smallest absolute Gasteiger partial charge is 0.177 e. The molecule has 0 amide bonds. The van der Waals surface area contributed by atoms with Crippen LogP contribution >= 0.6 is 11.6 Å². The molecule has 0 aromatic rings. The molecule has 1 rings (SSSR count). The van der Waals surface area contributed by atoms with Gasteiger partial charge in [0.2, 0.25) is 0 Å². The fraction of sp³-hybridized carbons (Fsp3) is 0.615. The first kappa shape index (κ1) is 13.5. The van der Waals surface area contributed by atoms with E-state index in [4.69, 9.17) is 11.6 Å². The van der Waals surface area contributed by atoms with Crippen LogP contribution in [0.1, 0.15) is 45.4 Å². The second kappa shape index (κ2) is 6.21. The van der Waals surface area contributed by atoms with E-state index < -0.39 is 5.60 Å². The average Bonchev–Trinajstić information content (AvgIpc) is 2.47. The summed E-state index contributed by atoms with van der Waals surface area (Å²) in [5.41, 5.74) is -1.05. The third kappa shape index (κ3) is 4.11. The number of rotatable bonds is 6. The van der Waals surface area contributed by atoms with E-state index in [9.17, 15) is 9.90 Å². The average molecular weight is 243 g/mol. The number of halogens is 1. The zero-order valence-corrected chi connectivity index (χ0v) is 10.5. The lowest BCUT2D eigenvalue weighted by Crippen LogP contribution is -2.23. The molecule has 2 nitrogen and oxygen atoms in total. The minimum absolute atomic E-state index is 0.116. The van der Waals surface area contributed by atoms with E-state index in [-0.39, 0.29) is 17.2 Å². The van der Waals surface area contributed by atoms with Gasteiger partial charge in [0.25, 0.3) is 0 Å². The Morgan fingerprint density at radius 2 is 2.25 bits per heavy atom. The van der Waals surface area contributed by atoms with Crippen molar-refractivity contribution in [2.45, 2.75) is 51.0 Å². The molecule has 0 aromatic carbocycles. The summed E-state index contributed by atoms with van der Waals surface area (Å²) in [4.78, 5) is 11.2. The molecule has 0 aliphatic heterocycles. The number of ketones is 1. The van der Waals surface area contributed by atoms with Gasteiger partial charge in [-0.25, -0.2) is 0 Å². The first-order chi connectivity index (χ1) is 7.57. The van der Waals surface area contributed by atoms with Gasteiger partial charge in [-0.2, -0.15) is 0 Å². The summed E-state index contributed by atoms with van der Waals surface area (Å²) in [6, 6.07) is 0. The fourth-order valence-electron chi connectivity index (χ4n) is 1.78. The molecular weight excluding hydrogens is 224 g/mol. The van der Waals surface area contributed by atoms with Gasteiger partial charge in [0.1, 0.15) is 0 Å². The minimum Gasteiger partial charge on any atom is -0.385 e. The lowest BCUT2D eigenvalue weighted by Gasteiger charge is -2.16. The van der Waals surface area contributed by atoms with Crippen LogP contribution in [0.3, 0.4) is 0 Å². The summed E-state index contributed by atoms with van der Waals surface area (Å²) in [5, 5.41) is 10.2. The maximum atomic E-state index is 11.2. The largest absolute Gasteiger partial charge is 0.385 e. The zero-order valence-electron chi connectivity index (χ0n) is 9.71. The van der Waals surface area contributed by atoms with Crippen molar-refractivity contribution in [3.05, 3.63) is 23.3 Å². The third-order valence-corrected chi connectivity index (χ3v) is 3.06. The molecule has 16 heavy (non-hydrogen) atoms. The molecule has 0 heterocycles. The van der Waals surface area contributed by atoms with Crippen LogP contribution in [0.5, 0.6) is 0 Å². The number of hydrogen-bond acceptors (Lipinski definition) is 2. The minimum atomic E-state index is -1.05. The molecule has 1 aliphatic rings. The summed E-state index contributed by atoms with van der Waals surface area (Å²) in [7, 11) is 0. The quantitative estimate of drug-likeness (QED) is 0.573. The number of allylic oxidation sites excluding steroid dienone is 2. The molecule has 0 saturated heterocycles. The standard InChI is InChI=1S/C13H19ClO2/c1-2-3-4-5-6-7-8-13(16)9-11(14)12(15)10-13/h6-7,9,16H,2-5,8,10H2,1H3/b7-6-/t13-/m1/s1. The number of carbonyl (C=O) groups excluding carboxylic acids is 1. The molecule has 1 N–H and O–H groups in total. The Labute approximate surface area is 102 Å². The molecule has 0 aromatic heterocycles. The predicted octanol–water partition coefficient (Wildman–Crippen LogP) is 3.34. The van der Waals surface area contributed by atoms with Gasteiger partial charge in [-0.05, 0) is 25.3 Å². The van der Waals surface area contributed by atoms with E-state index in [0.717, 1.165) is 6.42 Å². The first-order valence-electron chi connectivity index (χ1n) is 5.86. The lowest BCUT2D eigenvalue weighted by atomic mass is 9.98. The second-order valence-corrected chi connectivity index (χ2v) is 4.77. The highest BCUT2D eigenvalue weighted by molar-refractivity contribution is 6.43. The van der Waals surface area contributed by atoms with Crippen LogP contribution in [0.25, 0.3) is 0 Å². The van der Waals surface area contributed by atoms with Crippen molar-refractivity contribution < 1.29 is 9.90 Å². The number of Topliss-reactive ketones (excluding diaryl/α,β-unsaturated/α-hetero) is 1. The fourth-order valence-corrected chi connectivity index (χ4v) is 2.05. The van der Waals surface area contributed by atoms with Crippen LogP contribution < -0.4 is 0 Å². The van der Waals surface area contributed by atoms with Gasteiger partial charge in [0.15, 0.2) is 5.78 Å². The lowest BCUT2D eigenvalue weighted by molar-refractivity contribution is -0.116. The molecule has 0 unspecified atom stereocenters. The molecule has 1 atom stereocenters. The van der Waals surface area contributed by atoms with Crippen LogP contribution in [0.4, 0.5) is 0 Å². The Morgan fingerprint density at radius 1 is 1.50 bits per heavy atom. The maximum absolute atomic E-state index is 11.2. The molecule has 90 valence electrons. The topological polar surface area (TPSA) is 37.3 Å². The Balaban J connectivity index is 2.30. The van der Waals surface area contributed by atoms with Crippen molar-refractivity contribution in [1.82, 2.24) is 0 Å². The van der Waals surface area contributed by atoms with Crippen molar-refractivity contribution in [1.29, 1.82) is 0 Å². The highest BCUT2D eigenvalue weighted by Crippen LogP contribution is 2.30. The Bertz CT molecular complexity index is 307. The van der Waals surface area contributed by atoms with Crippen LogP contribution in [0.2, 0.25) is 0 Å². The summed E-state index contributed by atoms with van der Waals surface area (Å²) in [6.07, 6.45) is 10.7. The summed E-state index contributed by atoms with van der Waals surface area (Å²) >= 11 is 5.66. The van der Waals surface area contributed by atoms with Crippen molar-refractivity contribution >= 4 is 17.4 Å². The van der Waals surface area contributed by atoms with Gasteiger partial charge in [-0.15, -0.1) is 0 Å². The molecule has 0 spiro atoms. The van der Waals surface area contributed by atoms with E-state index in [1.54, 1.807) is 0 Å². The van der Waals surface area contributed by atoms with Crippen molar-refractivity contribution in [3.63, 3.8) is 0 Å². The normalized spacial score (nSPS) is 25.4. The Kier molecular flexibility index (Phi) is 5.23. The van der Waals surface area contributed by atoms with E-state index in [1.165, 1.54) is 25.3 Å². The predicted molar refractivity (Wildman–Crippen MR) is 66.4 cm³/mol. The molecule has 0 bridgehead atoms. The van der Waals surface area contributed by atoms with Gasteiger partial charge >= 0.3 is 0 Å². The van der Waals surface area contributed by atoms with Gasteiger partial charge in [0, 0.05) is 6.42 Å². The second-order valence-electron chi connectivity index (χ2n) is 4.37. The van der Waals surface area contributed by atoms with Crippen molar-refractivity contribution in [2.75, 3.05) is 0 Å². The number of aliphatic hydroxyl groups is 1. The van der Waals surface area contributed by atoms with Gasteiger partial charge in [-0.3, -0.25) is 4.79 Å². The number of carbonyl (C=O) groups is 1. The molecule has 0 fully saturated rings. The van der Waals surface area contributed by atoms with Crippen LogP contribution in [0.15, 0.2) is 23.3 Å². The van der Waals surface area contributed by atoms with Crippen molar-refractivity contribution in [3.8, 4) is 0 Å². The molecule has 1 aliphatic carbocycles. The molecule has 0 radical (unpaired) electrons. The number of unbranched alkanes of at least 4 members (excludes halogenated alkanes) is 3.